The lowest BCUT2D eigenvalue weighted by atomic mass is 10.1. The summed E-state index contributed by atoms with van der Waals surface area (Å²) < 4.78 is 5.89. The minimum absolute atomic E-state index is 0.151. The highest BCUT2D eigenvalue weighted by Gasteiger charge is 2.24. The number of esters is 1. The lowest BCUT2D eigenvalue weighted by Gasteiger charge is -2.27. The molecule has 0 unspecified atom stereocenters. The molecule has 0 aliphatic heterocycles. The Kier molecular flexibility index (Phi) is 5.40. The highest BCUT2D eigenvalue weighted by molar-refractivity contribution is 9.10. The summed E-state index contributed by atoms with van der Waals surface area (Å²) in [5.74, 6) is -0.151. The fourth-order valence-electron chi connectivity index (χ4n) is 2.68. The molecule has 3 nitrogen and oxygen atoms in total. The van der Waals surface area contributed by atoms with Crippen LogP contribution >= 0.6 is 15.9 Å². The van der Waals surface area contributed by atoms with E-state index in [9.17, 15) is 4.79 Å². The van der Waals surface area contributed by atoms with Crippen molar-refractivity contribution in [1.29, 1.82) is 0 Å². The van der Waals surface area contributed by atoms with Crippen molar-refractivity contribution in [3.8, 4) is 0 Å². The van der Waals surface area contributed by atoms with Gasteiger partial charge in [0, 0.05) is 17.1 Å². The van der Waals surface area contributed by atoms with Crippen LogP contribution in [0.15, 0.2) is 28.7 Å². The van der Waals surface area contributed by atoms with E-state index in [2.05, 4.69) is 33.0 Å². The van der Waals surface area contributed by atoms with Gasteiger partial charge in [-0.3, -0.25) is 9.69 Å². The van der Waals surface area contributed by atoms with Gasteiger partial charge in [0.1, 0.15) is 0 Å². The molecule has 0 aromatic heterocycles. The molecule has 1 saturated carbocycles. The van der Waals surface area contributed by atoms with Crippen molar-refractivity contribution in [3.05, 3.63) is 34.3 Å². The monoisotopic (exact) mass is 325 g/mol. The number of nitrogens with zero attached hydrogens (tertiary/aromatic N) is 1. The first kappa shape index (κ1) is 14.5. The third kappa shape index (κ3) is 4.32. The van der Waals surface area contributed by atoms with Crippen molar-refractivity contribution in [2.75, 3.05) is 13.7 Å². The van der Waals surface area contributed by atoms with Crippen molar-refractivity contribution in [1.82, 2.24) is 4.90 Å². The number of carbonyl (C=O) groups is 1. The number of methoxy groups -OCH3 is 1. The first-order valence-electron chi connectivity index (χ1n) is 6.74. The third-order valence-corrected chi connectivity index (χ3v) is 4.17. The molecule has 0 atom stereocenters. The maximum absolute atomic E-state index is 11.6. The van der Waals surface area contributed by atoms with Gasteiger partial charge < -0.3 is 4.74 Å². The summed E-state index contributed by atoms with van der Waals surface area (Å²) in [6, 6.07) is 8.77. The molecule has 1 aromatic rings. The second-order valence-corrected chi connectivity index (χ2v) is 5.96. The van der Waals surface area contributed by atoms with Gasteiger partial charge in [-0.2, -0.15) is 0 Å². The van der Waals surface area contributed by atoms with E-state index in [-0.39, 0.29) is 5.97 Å². The number of hydrogen-bond donors (Lipinski definition) is 0. The summed E-state index contributed by atoms with van der Waals surface area (Å²) in [6.45, 7) is 1.19. The van der Waals surface area contributed by atoms with E-state index in [0.29, 0.717) is 12.6 Å². The molecule has 0 spiro atoms. The molecule has 0 N–H and O–H groups in total. The van der Waals surface area contributed by atoms with E-state index < -0.39 is 0 Å². The second kappa shape index (κ2) is 7.06. The number of ether oxygens (including phenoxy) is 1. The van der Waals surface area contributed by atoms with Gasteiger partial charge in [-0.1, -0.05) is 40.9 Å². The maximum Gasteiger partial charge on any atom is 0.319 e. The maximum atomic E-state index is 11.6. The average Bonchev–Trinajstić information content (AvgIpc) is 2.91. The first-order chi connectivity index (χ1) is 9.19. The zero-order valence-corrected chi connectivity index (χ0v) is 12.9. The van der Waals surface area contributed by atoms with Crippen LogP contribution in [0.1, 0.15) is 31.2 Å². The number of hydrogen-bond acceptors (Lipinski definition) is 3. The predicted octanol–water partition coefficient (Wildman–Crippen LogP) is 3.37. The van der Waals surface area contributed by atoms with Crippen LogP contribution in [0.25, 0.3) is 0 Å². The zero-order chi connectivity index (χ0) is 13.7. The van der Waals surface area contributed by atoms with Crippen LogP contribution < -0.4 is 0 Å². The van der Waals surface area contributed by atoms with E-state index in [1.807, 2.05) is 12.1 Å². The number of rotatable bonds is 5. The van der Waals surface area contributed by atoms with Gasteiger partial charge in [0.25, 0.3) is 0 Å². The standard InChI is InChI=1S/C15H20BrNO2/c1-19-15(18)11-17(14-7-2-3-8-14)10-12-5-4-6-13(16)9-12/h4-6,9,14H,2-3,7-8,10-11H2,1H3. The van der Waals surface area contributed by atoms with Crippen molar-refractivity contribution in [3.63, 3.8) is 0 Å². The van der Waals surface area contributed by atoms with Gasteiger partial charge in [-0.05, 0) is 30.5 Å². The molecule has 1 aliphatic rings. The Morgan fingerprint density at radius 1 is 1.42 bits per heavy atom. The molecular weight excluding hydrogens is 306 g/mol. The van der Waals surface area contributed by atoms with E-state index in [1.165, 1.54) is 38.4 Å². The first-order valence-corrected chi connectivity index (χ1v) is 7.53. The van der Waals surface area contributed by atoms with Crippen LogP contribution in [0.5, 0.6) is 0 Å². The lowest BCUT2D eigenvalue weighted by molar-refractivity contribution is -0.142. The highest BCUT2D eigenvalue weighted by Crippen LogP contribution is 2.25. The normalized spacial score (nSPS) is 15.9. The molecule has 0 saturated heterocycles. The van der Waals surface area contributed by atoms with Gasteiger partial charge >= 0.3 is 5.97 Å². The van der Waals surface area contributed by atoms with Crippen LogP contribution in [0, 0.1) is 0 Å². The fourth-order valence-corrected chi connectivity index (χ4v) is 3.13. The van der Waals surface area contributed by atoms with Gasteiger partial charge in [0.05, 0.1) is 13.7 Å². The van der Waals surface area contributed by atoms with Crippen molar-refractivity contribution < 1.29 is 9.53 Å². The van der Waals surface area contributed by atoms with Gasteiger partial charge in [-0.15, -0.1) is 0 Å². The van der Waals surface area contributed by atoms with Gasteiger partial charge in [-0.25, -0.2) is 0 Å². The molecule has 1 aromatic carbocycles. The molecule has 0 bridgehead atoms. The molecule has 1 fully saturated rings. The predicted molar refractivity (Wildman–Crippen MR) is 78.8 cm³/mol. The zero-order valence-electron chi connectivity index (χ0n) is 11.3. The average molecular weight is 326 g/mol. The van der Waals surface area contributed by atoms with Gasteiger partial charge in [0.2, 0.25) is 0 Å². The Morgan fingerprint density at radius 2 is 2.16 bits per heavy atom. The molecule has 4 heteroatoms. The number of benzene rings is 1. The van der Waals surface area contributed by atoms with Crippen LogP contribution in [-0.2, 0) is 16.1 Å². The van der Waals surface area contributed by atoms with Crippen LogP contribution in [0.3, 0.4) is 0 Å². The Labute approximate surface area is 123 Å². The van der Waals surface area contributed by atoms with Crippen molar-refractivity contribution in [2.24, 2.45) is 0 Å². The van der Waals surface area contributed by atoms with Crippen LogP contribution in [-0.4, -0.2) is 30.6 Å². The lowest BCUT2D eigenvalue weighted by Crippen LogP contribution is -2.37. The minimum Gasteiger partial charge on any atom is -0.468 e. The summed E-state index contributed by atoms with van der Waals surface area (Å²) in [6.07, 6.45) is 4.90. The Morgan fingerprint density at radius 3 is 2.79 bits per heavy atom. The Hall–Kier alpha value is -0.870. The summed E-state index contributed by atoms with van der Waals surface area (Å²) in [4.78, 5) is 13.8. The SMILES string of the molecule is COC(=O)CN(Cc1cccc(Br)c1)C1CCCC1. The fraction of sp³-hybridized carbons (Fsp3) is 0.533. The van der Waals surface area contributed by atoms with E-state index in [4.69, 9.17) is 4.74 Å². The number of halogens is 1. The Balaban J connectivity index is 2.05. The quantitative estimate of drug-likeness (QED) is 0.777. The molecule has 2 rings (SSSR count). The summed E-state index contributed by atoms with van der Waals surface area (Å²) in [7, 11) is 1.45. The molecule has 19 heavy (non-hydrogen) atoms. The molecule has 0 amide bonds. The number of carbonyl (C=O) groups excluding carboxylic acids is 1. The molecular formula is C15H20BrNO2. The smallest absolute Gasteiger partial charge is 0.319 e. The minimum atomic E-state index is -0.151. The summed E-state index contributed by atoms with van der Waals surface area (Å²) in [5.41, 5.74) is 1.23. The summed E-state index contributed by atoms with van der Waals surface area (Å²) >= 11 is 3.49. The summed E-state index contributed by atoms with van der Waals surface area (Å²) in [5, 5.41) is 0. The van der Waals surface area contributed by atoms with E-state index >= 15 is 0 Å². The van der Waals surface area contributed by atoms with Gasteiger partial charge in [0.15, 0.2) is 0 Å². The van der Waals surface area contributed by atoms with E-state index in [1.54, 1.807) is 0 Å². The van der Waals surface area contributed by atoms with Crippen LogP contribution in [0.4, 0.5) is 0 Å². The van der Waals surface area contributed by atoms with Crippen molar-refractivity contribution in [2.45, 2.75) is 38.3 Å². The molecule has 1 aliphatic carbocycles. The van der Waals surface area contributed by atoms with Crippen LogP contribution in [0.2, 0.25) is 0 Å². The second-order valence-electron chi connectivity index (χ2n) is 5.05. The highest BCUT2D eigenvalue weighted by atomic mass is 79.9. The van der Waals surface area contributed by atoms with Crippen molar-refractivity contribution >= 4 is 21.9 Å². The third-order valence-electron chi connectivity index (χ3n) is 3.68. The largest absolute Gasteiger partial charge is 0.468 e. The molecule has 0 radical (unpaired) electrons. The molecule has 104 valence electrons. The molecule has 0 heterocycles. The Bertz CT molecular complexity index is 430. The topological polar surface area (TPSA) is 29.5 Å². The van der Waals surface area contributed by atoms with E-state index in [0.717, 1.165) is 11.0 Å².